The predicted molar refractivity (Wildman–Crippen MR) is 73.4 cm³/mol. The molecule has 0 radical (unpaired) electrons. The lowest BCUT2D eigenvalue weighted by atomic mass is 10.2. The number of halogens is 3. The minimum absolute atomic E-state index is 0.0227. The van der Waals surface area contributed by atoms with Crippen molar-refractivity contribution in [2.75, 3.05) is 12.3 Å². The van der Waals surface area contributed by atoms with Gasteiger partial charge in [-0.1, -0.05) is 6.07 Å². The molecule has 0 aliphatic heterocycles. The lowest BCUT2D eigenvalue weighted by Crippen LogP contribution is -2.24. The lowest BCUT2D eigenvalue weighted by Gasteiger charge is -2.09. The number of alkyl halides is 3. The van der Waals surface area contributed by atoms with Gasteiger partial charge in [-0.05, 0) is 11.6 Å². The van der Waals surface area contributed by atoms with Gasteiger partial charge in [-0.25, -0.2) is 15.0 Å². The van der Waals surface area contributed by atoms with Crippen LogP contribution in [0.2, 0.25) is 0 Å². The first-order valence-corrected chi connectivity index (χ1v) is 6.35. The lowest BCUT2D eigenvalue weighted by molar-refractivity contribution is -0.154. The highest BCUT2D eigenvalue weighted by Gasteiger charge is 2.28. The Balaban J connectivity index is 1.87. The third-order valence-electron chi connectivity index (χ3n) is 2.54. The summed E-state index contributed by atoms with van der Waals surface area (Å²) in [6, 6.07) is 4.18. The number of nitrogen functional groups attached to an aromatic ring is 1. The largest absolute Gasteiger partial charge is 0.468 e. The quantitative estimate of drug-likeness (QED) is 0.859. The third kappa shape index (κ3) is 5.41. The van der Waals surface area contributed by atoms with E-state index in [1.54, 1.807) is 0 Å². The van der Waals surface area contributed by atoms with Crippen molar-refractivity contribution in [2.45, 2.75) is 12.7 Å². The van der Waals surface area contributed by atoms with Crippen LogP contribution in [0.3, 0.4) is 0 Å². The molecule has 23 heavy (non-hydrogen) atoms. The summed E-state index contributed by atoms with van der Waals surface area (Å²) < 4.78 is 40.5. The zero-order chi connectivity index (χ0) is 16.9. The molecule has 2 rings (SSSR count). The molecule has 2 heterocycles. The first kappa shape index (κ1) is 16.5. The van der Waals surface area contributed by atoms with Crippen molar-refractivity contribution in [2.24, 2.45) is 0 Å². The number of nitrogens with one attached hydrogen (secondary N) is 1. The molecule has 7 nitrogen and oxygen atoms in total. The van der Waals surface area contributed by atoms with Gasteiger partial charge in [0.15, 0.2) is 6.61 Å². The van der Waals surface area contributed by atoms with Gasteiger partial charge in [-0.3, -0.25) is 4.79 Å². The van der Waals surface area contributed by atoms with Crippen LogP contribution in [0.15, 0.2) is 30.6 Å². The summed E-state index contributed by atoms with van der Waals surface area (Å²) in [6.45, 7) is -1.29. The number of ether oxygens (including phenoxy) is 1. The van der Waals surface area contributed by atoms with E-state index in [1.165, 1.54) is 30.6 Å². The fourth-order valence-corrected chi connectivity index (χ4v) is 1.53. The Hall–Kier alpha value is -2.91. The topological polar surface area (TPSA) is 103 Å². The van der Waals surface area contributed by atoms with Gasteiger partial charge in [0, 0.05) is 25.0 Å². The van der Waals surface area contributed by atoms with Gasteiger partial charge in [0.2, 0.25) is 11.8 Å². The second-order valence-electron chi connectivity index (χ2n) is 4.39. The van der Waals surface area contributed by atoms with E-state index in [-0.39, 0.29) is 24.1 Å². The number of nitrogens with zero attached hydrogens (tertiary/aromatic N) is 3. The number of anilines is 1. The van der Waals surface area contributed by atoms with E-state index in [1.807, 2.05) is 0 Å². The molecule has 0 saturated heterocycles. The van der Waals surface area contributed by atoms with Crippen LogP contribution in [0, 0.1) is 0 Å². The molecule has 0 fully saturated rings. The number of amides is 1. The van der Waals surface area contributed by atoms with E-state index in [2.05, 4.69) is 25.0 Å². The first-order chi connectivity index (χ1) is 10.8. The third-order valence-corrected chi connectivity index (χ3v) is 2.54. The van der Waals surface area contributed by atoms with Gasteiger partial charge in [0.1, 0.15) is 5.69 Å². The summed E-state index contributed by atoms with van der Waals surface area (Å²) in [5.74, 6) is -0.636. The predicted octanol–water partition coefficient (Wildman–Crippen LogP) is 1.32. The normalized spacial score (nSPS) is 11.1. The van der Waals surface area contributed by atoms with Crippen LogP contribution in [0.1, 0.15) is 16.1 Å². The van der Waals surface area contributed by atoms with Crippen LogP contribution < -0.4 is 15.8 Å². The number of aromatic nitrogens is 3. The van der Waals surface area contributed by atoms with Crippen molar-refractivity contribution < 1.29 is 22.7 Å². The Morgan fingerprint density at radius 3 is 2.65 bits per heavy atom. The summed E-state index contributed by atoms with van der Waals surface area (Å²) in [7, 11) is 0. The van der Waals surface area contributed by atoms with E-state index in [9.17, 15) is 18.0 Å². The molecule has 1 amide bonds. The van der Waals surface area contributed by atoms with Gasteiger partial charge in [-0.15, -0.1) is 0 Å². The molecule has 0 aromatic carbocycles. The molecule has 2 aromatic heterocycles. The van der Waals surface area contributed by atoms with E-state index in [4.69, 9.17) is 5.73 Å². The van der Waals surface area contributed by atoms with Crippen LogP contribution in [0.25, 0.3) is 0 Å². The molecule has 2 aromatic rings. The number of carbonyl (C=O) groups excluding carboxylic acids is 1. The Bertz CT molecular complexity index is 676. The standard InChI is InChI=1S/C13H12F3N5O2/c14-13(15,16)7-23-10-2-1-8(5-19-10)6-20-11(22)9-3-4-18-12(17)21-9/h1-5H,6-7H2,(H,20,22)(H2,17,18,21). The highest BCUT2D eigenvalue weighted by atomic mass is 19.4. The van der Waals surface area contributed by atoms with Gasteiger partial charge in [0.05, 0.1) is 0 Å². The Morgan fingerprint density at radius 1 is 1.26 bits per heavy atom. The summed E-state index contributed by atoms with van der Waals surface area (Å²) in [6.07, 6.45) is -1.76. The van der Waals surface area contributed by atoms with Crippen molar-refractivity contribution in [1.82, 2.24) is 20.3 Å². The molecular formula is C13H12F3N5O2. The number of hydrogen-bond donors (Lipinski definition) is 2. The maximum atomic E-state index is 12.0. The zero-order valence-electron chi connectivity index (χ0n) is 11.7. The van der Waals surface area contributed by atoms with Gasteiger partial charge < -0.3 is 15.8 Å². The number of pyridine rings is 1. The first-order valence-electron chi connectivity index (χ1n) is 6.35. The van der Waals surface area contributed by atoms with Crippen molar-refractivity contribution in [3.63, 3.8) is 0 Å². The van der Waals surface area contributed by atoms with Crippen LogP contribution in [0.4, 0.5) is 19.1 Å². The molecule has 10 heteroatoms. The summed E-state index contributed by atoms with van der Waals surface area (Å²) in [5.41, 5.74) is 6.06. The number of nitrogens with two attached hydrogens (primary N) is 1. The van der Waals surface area contributed by atoms with Crippen LogP contribution in [-0.2, 0) is 6.54 Å². The molecule has 0 bridgehead atoms. The Kier molecular flexibility index (Phi) is 4.94. The monoisotopic (exact) mass is 327 g/mol. The molecule has 0 spiro atoms. The molecule has 3 N–H and O–H groups in total. The number of hydrogen-bond acceptors (Lipinski definition) is 6. The van der Waals surface area contributed by atoms with Crippen LogP contribution in [0.5, 0.6) is 5.88 Å². The van der Waals surface area contributed by atoms with Crippen molar-refractivity contribution >= 4 is 11.9 Å². The number of rotatable bonds is 5. The molecule has 0 aliphatic carbocycles. The Labute approximate surface area is 128 Å². The molecule has 0 saturated carbocycles. The maximum absolute atomic E-state index is 12.0. The summed E-state index contributed by atoms with van der Waals surface area (Å²) in [5, 5.41) is 2.57. The highest BCUT2D eigenvalue weighted by molar-refractivity contribution is 5.92. The van der Waals surface area contributed by atoms with Crippen molar-refractivity contribution in [3.05, 3.63) is 41.9 Å². The fraction of sp³-hybridized carbons (Fsp3) is 0.231. The molecular weight excluding hydrogens is 315 g/mol. The average molecular weight is 327 g/mol. The van der Waals surface area contributed by atoms with Crippen LogP contribution >= 0.6 is 0 Å². The Morgan fingerprint density at radius 2 is 2.04 bits per heavy atom. The van der Waals surface area contributed by atoms with Crippen LogP contribution in [-0.4, -0.2) is 33.6 Å². The minimum atomic E-state index is -4.42. The summed E-state index contributed by atoms with van der Waals surface area (Å²) >= 11 is 0. The van der Waals surface area contributed by atoms with E-state index in [0.29, 0.717) is 5.56 Å². The SMILES string of the molecule is Nc1nccc(C(=O)NCc2ccc(OCC(F)(F)F)nc2)n1. The number of carbonyl (C=O) groups is 1. The van der Waals surface area contributed by atoms with Gasteiger partial charge in [0.25, 0.3) is 5.91 Å². The minimum Gasteiger partial charge on any atom is -0.468 e. The maximum Gasteiger partial charge on any atom is 0.422 e. The zero-order valence-corrected chi connectivity index (χ0v) is 11.7. The second-order valence-corrected chi connectivity index (χ2v) is 4.39. The smallest absolute Gasteiger partial charge is 0.422 e. The highest BCUT2D eigenvalue weighted by Crippen LogP contribution is 2.17. The second kappa shape index (κ2) is 6.90. The molecule has 0 aliphatic rings. The van der Waals surface area contributed by atoms with E-state index in [0.717, 1.165) is 0 Å². The van der Waals surface area contributed by atoms with Crippen molar-refractivity contribution in [3.8, 4) is 5.88 Å². The fourth-order valence-electron chi connectivity index (χ4n) is 1.53. The van der Waals surface area contributed by atoms with Crippen molar-refractivity contribution in [1.29, 1.82) is 0 Å². The average Bonchev–Trinajstić information content (AvgIpc) is 2.51. The molecule has 122 valence electrons. The molecule has 0 unspecified atom stereocenters. The van der Waals surface area contributed by atoms with E-state index >= 15 is 0 Å². The molecule has 0 atom stereocenters. The summed E-state index contributed by atoms with van der Waals surface area (Å²) in [4.78, 5) is 23.0. The van der Waals surface area contributed by atoms with Gasteiger partial charge in [-0.2, -0.15) is 13.2 Å². The van der Waals surface area contributed by atoms with E-state index < -0.39 is 18.7 Å². The van der Waals surface area contributed by atoms with Gasteiger partial charge >= 0.3 is 6.18 Å².